The molecule has 0 aromatic heterocycles. The molecule has 0 bridgehead atoms. The van der Waals surface area contributed by atoms with Gasteiger partial charge in [0.25, 0.3) is 0 Å². The van der Waals surface area contributed by atoms with Crippen LogP contribution in [0.4, 0.5) is 0 Å². The van der Waals surface area contributed by atoms with Gasteiger partial charge in [-0.1, -0.05) is 6.92 Å². The minimum atomic E-state index is -0.907. The summed E-state index contributed by atoms with van der Waals surface area (Å²) in [5.74, 6) is -0.207. The molecule has 0 aromatic rings. The van der Waals surface area contributed by atoms with Gasteiger partial charge in [-0.05, 0) is 18.9 Å². The Morgan fingerprint density at radius 3 is 2.31 bits per heavy atom. The van der Waals surface area contributed by atoms with Gasteiger partial charge in [0.05, 0.1) is 18.8 Å². The van der Waals surface area contributed by atoms with E-state index in [1.165, 1.54) is 0 Å². The first kappa shape index (κ1) is 13.2. The van der Waals surface area contributed by atoms with Gasteiger partial charge in [0.1, 0.15) is 0 Å². The molecule has 92 valence electrons. The summed E-state index contributed by atoms with van der Waals surface area (Å²) in [5.41, 5.74) is 0.854. The molecule has 4 N–H and O–H groups in total. The van der Waals surface area contributed by atoms with E-state index in [0.717, 1.165) is 18.7 Å². The van der Waals surface area contributed by atoms with Crippen molar-refractivity contribution in [1.82, 2.24) is 10.6 Å². The average molecular weight is 228 g/mol. The van der Waals surface area contributed by atoms with E-state index in [0.29, 0.717) is 12.0 Å². The summed E-state index contributed by atoms with van der Waals surface area (Å²) < 4.78 is 0. The zero-order chi connectivity index (χ0) is 12.2. The highest BCUT2D eigenvalue weighted by atomic mass is 16.3. The summed E-state index contributed by atoms with van der Waals surface area (Å²) in [5, 5.41) is 24.2. The monoisotopic (exact) mass is 228 g/mol. The molecule has 5 nitrogen and oxygen atoms in total. The van der Waals surface area contributed by atoms with Gasteiger partial charge in [0.15, 0.2) is 0 Å². The molecule has 0 aromatic carbocycles. The number of hydrogen-bond donors (Lipinski definition) is 4. The zero-order valence-corrected chi connectivity index (χ0v) is 9.84. The van der Waals surface area contributed by atoms with Crippen molar-refractivity contribution in [1.29, 1.82) is 0 Å². The molecule has 1 aliphatic rings. The van der Waals surface area contributed by atoms with Crippen LogP contribution < -0.4 is 10.6 Å². The maximum atomic E-state index is 11.9. The van der Waals surface area contributed by atoms with Gasteiger partial charge in [0.2, 0.25) is 5.91 Å². The fourth-order valence-corrected chi connectivity index (χ4v) is 1.45. The van der Waals surface area contributed by atoms with E-state index in [-0.39, 0.29) is 19.1 Å². The lowest BCUT2D eigenvalue weighted by Gasteiger charge is -2.31. The molecule has 1 heterocycles. The zero-order valence-electron chi connectivity index (χ0n) is 9.84. The molecule has 1 aliphatic heterocycles. The van der Waals surface area contributed by atoms with Gasteiger partial charge in [-0.15, -0.1) is 0 Å². The lowest BCUT2D eigenvalue weighted by Crippen LogP contribution is -2.54. The summed E-state index contributed by atoms with van der Waals surface area (Å²) in [6.45, 7) is 4.56. The minimum Gasteiger partial charge on any atom is -0.394 e. The highest BCUT2D eigenvalue weighted by Crippen LogP contribution is 2.13. The molecule has 1 fully saturated rings. The smallest absolute Gasteiger partial charge is 0.247 e. The fourth-order valence-electron chi connectivity index (χ4n) is 1.45. The van der Waals surface area contributed by atoms with Crippen molar-refractivity contribution in [3.63, 3.8) is 0 Å². The van der Waals surface area contributed by atoms with Crippen molar-refractivity contribution >= 4 is 5.91 Å². The fraction of sp³-hybridized carbons (Fsp3) is 0.727. The van der Waals surface area contributed by atoms with Crippen LogP contribution in [0.5, 0.6) is 0 Å². The van der Waals surface area contributed by atoms with Crippen molar-refractivity contribution in [3.8, 4) is 0 Å². The molecule has 0 aliphatic carbocycles. The van der Waals surface area contributed by atoms with Gasteiger partial charge in [-0.25, -0.2) is 0 Å². The first-order valence-corrected chi connectivity index (χ1v) is 5.52. The highest BCUT2D eigenvalue weighted by molar-refractivity contribution is 5.94. The average Bonchev–Trinajstić information content (AvgIpc) is 2.23. The Balaban J connectivity index is 2.68. The summed E-state index contributed by atoms with van der Waals surface area (Å²) in [6, 6.07) is 0. The normalized spacial score (nSPS) is 15.6. The Morgan fingerprint density at radius 1 is 1.44 bits per heavy atom. The van der Waals surface area contributed by atoms with E-state index >= 15 is 0 Å². The Kier molecular flexibility index (Phi) is 4.46. The standard InChI is InChI=1S/C11H20N2O3/c1-3-11(6-14,7-15)13-10(16)8(2)9-4-12-5-9/h12,14-15H,3-7H2,1-2H3,(H,13,16). The molecule has 16 heavy (non-hydrogen) atoms. The first-order chi connectivity index (χ1) is 7.58. The maximum absolute atomic E-state index is 11.9. The number of aliphatic hydroxyl groups is 2. The number of hydrogen-bond acceptors (Lipinski definition) is 4. The van der Waals surface area contributed by atoms with E-state index in [1.54, 1.807) is 6.92 Å². The van der Waals surface area contributed by atoms with Crippen LogP contribution in [0.25, 0.3) is 0 Å². The second kappa shape index (κ2) is 5.43. The second-order valence-corrected chi connectivity index (χ2v) is 4.24. The van der Waals surface area contributed by atoms with E-state index in [1.807, 2.05) is 6.92 Å². The van der Waals surface area contributed by atoms with Crippen molar-refractivity contribution < 1.29 is 15.0 Å². The summed E-state index contributed by atoms with van der Waals surface area (Å²) in [4.78, 5) is 11.9. The lowest BCUT2D eigenvalue weighted by atomic mass is 9.96. The predicted octanol–water partition coefficient (Wildman–Crippen LogP) is -0.844. The SMILES string of the molecule is CCC(CO)(CO)NC(=O)C(C)=C1CNC1. The topological polar surface area (TPSA) is 81.6 Å². The van der Waals surface area contributed by atoms with E-state index in [2.05, 4.69) is 10.6 Å². The van der Waals surface area contributed by atoms with E-state index in [4.69, 9.17) is 0 Å². The number of aliphatic hydroxyl groups excluding tert-OH is 2. The molecule has 0 atom stereocenters. The first-order valence-electron chi connectivity index (χ1n) is 5.52. The molecule has 1 saturated heterocycles. The third-order valence-electron chi connectivity index (χ3n) is 3.21. The van der Waals surface area contributed by atoms with Crippen LogP contribution in [0.1, 0.15) is 20.3 Å². The van der Waals surface area contributed by atoms with Crippen LogP contribution in [0.15, 0.2) is 11.1 Å². The van der Waals surface area contributed by atoms with Crippen LogP contribution >= 0.6 is 0 Å². The van der Waals surface area contributed by atoms with Crippen molar-refractivity contribution in [2.24, 2.45) is 0 Å². The van der Waals surface area contributed by atoms with Crippen molar-refractivity contribution in [2.75, 3.05) is 26.3 Å². The molecular formula is C11H20N2O3. The Morgan fingerprint density at radius 2 is 2.00 bits per heavy atom. The van der Waals surface area contributed by atoms with Gasteiger partial charge >= 0.3 is 0 Å². The van der Waals surface area contributed by atoms with Gasteiger partial charge < -0.3 is 20.8 Å². The highest BCUT2D eigenvalue weighted by Gasteiger charge is 2.29. The summed E-state index contributed by atoms with van der Waals surface area (Å²) in [6.07, 6.45) is 0.493. The van der Waals surface area contributed by atoms with Gasteiger partial charge in [-0.3, -0.25) is 4.79 Å². The van der Waals surface area contributed by atoms with Crippen LogP contribution in [0.2, 0.25) is 0 Å². The third-order valence-corrected chi connectivity index (χ3v) is 3.21. The third kappa shape index (κ3) is 2.61. The van der Waals surface area contributed by atoms with Crippen molar-refractivity contribution in [2.45, 2.75) is 25.8 Å². The number of rotatable bonds is 5. The predicted molar refractivity (Wildman–Crippen MR) is 60.9 cm³/mol. The Hall–Kier alpha value is -0.910. The number of carbonyl (C=O) groups excluding carboxylic acids is 1. The maximum Gasteiger partial charge on any atom is 0.247 e. The quantitative estimate of drug-likeness (QED) is 0.462. The molecule has 0 saturated carbocycles. The van der Waals surface area contributed by atoms with Gasteiger partial charge in [-0.2, -0.15) is 0 Å². The Labute approximate surface area is 95.5 Å². The summed E-state index contributed by atoms with van der Waals surface area (Å²) in [7, 11) is 0. The second-order valence-electron chi connectivity index (χ2n) is 4.24. The van der Waals surface area contributed by atoms with Crippen molar-refractivity contribution in [3.05, 3.63) is 11.1 Å². The van der Waals surface area contributed by atoms with E-state index in [9.17, 15) is 15.0 Å². The summed E-state index contributed by atoms with van der Waals surface area (Å²) >= 11 is 0. The molecule has 5 heteroatoms. The molecule has 0 spiro atoms. The largest absolute Gasteiger partial charge is 0.394 e. The number of nitrogens with one attached hydrogen (secondary N) is 2. The number of carbonyl (C=O) groups is 1. The lowest BCUT2D eigenvalue weighted by molar-refractivity contribution is -0.120. The Bertz CT molecular complexity index is 281. The molecule has 1 rings (SSSR count). The molecule has 1 amide bonds. The van der Waals surface area contributed by atoms with E-state index < -0.39 is 5.54 Å². The minimum absolute atomic E-state index is 0.207. The molecule has 0 unspecified atom stereocenters. The number of amides is 1. The van der Waals surface area contributed by atoms with Crippen LogP contribution in [0, 0.1) is 0 Å². The van der Waals surface area contributed by atoms with Crippen LogP contribution in [-0.4, -0.2) is 48.0 Å². The van der Waals surface area contributed by atoms with Crippen LogP contribution in [-0.2, 0) is 4.79 Å². The molecule has 0 radical (unpaired) electrons. The van der Waals surface area contributed by atoms with Crippen LogP contribution in [0.3, 0.4) is 0 Å². The molecular weight excluding hydrogens is 208 g/mol. The van der Waals surface area contributed by atoms with Gasteiger partial charge in [0, 0.05) is 18.7 Å².